The molecule has 0 radical (unpaired) electrons. The molecule has 1 aliphatic carbocycles. The summed E-state index contributed by atoms with van der Waals surface area (Å²) in [5, 5.41) is 2.06. The third kappa shape index (κ3) is 3.53. The lowest BCUT2D eigenvalue weighted by atomic mass is 9.86. The van der Waals surface area contributed by atoms with Crippen LogP contribution in [-0.4, -0.2) is 44.9 Å². The quantitative estimate of drug-likeness (QED) is 0.897. The van der Waals surface area contributed by atoms with Crippen molar-refractivity contribution in [3.05, 3.63) is 42.5 Å². The molecule has 2 fully saturated rings. The maximum atomic E-state index is 13.1. The number of quaternary nitrogens is 1. The van der Waals surface area contributed by atoms with Crippen LogP contribution in [0.4, 0.5) is 0 Å². The molecule has 1 heterocycles. The van der Waals surface area contributed by atoms with Gasteiger partial charge in [0.1, 0.15) is 0 Å². The van der Waals surface area contributed by atoms with Crippen molar-refractivity contribution in [3.8, 4) is 0 Å². The second-order valence-corrected chi connectivity index (χ2v) is 9.98. The van der Waals surface area contributed by atoms with Gasteiger partial charge in [-0.25, -0.2) is 8.42 Å². The van der Waals surface area contributed by atoms with Gasteiger partial charge in [-0.2, -0.15) is 4.31 Å². The van der Waals surface area contributed by atoms with Crippen LogP contribution in [0.1, 0.15) is 32.6 Å². The van der Waals surface area contributed by atoms with Gasteiger partial charge in [-0.15, -0.1) is 0 Å². The first-order valence-electron chi connectivity index (χ1n) is 9.87. The first kappa shape index (κ1) is 18.0. The minimum absolute atomic E-state index is 0.422. The van der Waals surface area contributed by atoms with E-state index in [0.717, 1.165) is 35.8 Å². The summed E-state index contributed by atoms with van der Waals surface area (Å²) >= 11 is 0. The Kier molecular flexibility index (Phi) is 5.04. The predicted octanol–water partition coefficient (Wildman–Crippen LogP) is 2.31. The van der Waals surface area contributed by atoms with Gasteiger partial charge in [0.25, 0.3) is 0 Å². The van der Waals surface area contributed by atoms with Crippen LogP contribution in [0, 0.1) is 5.92 Å². The fraction of sp³-hybridized carbons (Fsp3) is 0.524. The number of sulfonamides is 1. The van der Waals surface area contributed by atoms with E-state index in [-0.39, 0.29) is 0 Å². The molecule has 2 aromatic rings. The third-order valence-electron chi connectivity index (χ3n) is 6.24. The molecule has 0 aromatic heterocycles. The van der Waals surface area contributed by atoms with Gasteiger partial charge in [0.05, 0.1) is 37.1 Å². The van der Waals surface area contributed by atoms with E-state index < -0.39 is 10.0 Å². The van der Waals surface area contributed by atoms with E-state index in [1.807, 2.05) is 36.4 Å². The van der Waals surface area contributed by atoms with Crippen molar-refractivity contribution in [2.45, 2.75) is 43.5 Å². The molecule has 4 rings (SSSR count). The highest BCUT2D eigenvalue weighted by atomic mass is 32.2. The number of nitrogens with one attached hydrogen (secondary N) is 1. The average Bonchev–Trinajstić information content (AvgIpc) is 2.67. The molecular weight excluding hydrogens is 344 g/mol. The number of fused-ring (bicyclic) bond motifs is 1. The van der Waals surface area contributed by atoms with Crippen LogP contribution in [0.3, 0.4) is 0 Å². The highest BCUT2D eigenvalue weighted by molar-refractivity contribution is 7.89. The Morgan fingerprint density at radius 2 is 1.73 bits per heavy atom. The molecule has 2 aromatic carbocycles. The first-order chi connectivity index (χ1) is 12.5. The highest BCUT2D eigenvalue weighted by Crippen LogP contribution is 2.24. The second kappa shape index (κ2) is 7.29. The Hall–Kier alpha value is -1.43. The molecule has 0 unspecified atom stereocenters. The summed E-state index contributed by atoms with van der Waals surface area (Å²) in [5.41, 5.74) is 0. The summed E-state index contributed by atoms with van der Waals surface area (Å²) in [6.07, 6.45) is 5.28. The molecule has 1 aliphatic heterocycles. The SMILES string of the molecule is C[C@@H]1CCC[C@H]([NH+]2CCN(S(=O)(=O)c3ccc4ccccc4c3)CC2)C1. The van der Waals surface area contributed by atoms with Crippen molar-refractivity contribution < 1.29 is 13.3 Å². The fourth-order valence-electron chi connectivity index (χ4n) is 4.70. The Morgan fingerprint density at radius 1 is 1.00 bits per heavy atom. The van der Waals surface area contributed by atoms with Crippen LogP contribution >= 0.6 is 0 Å². The first-order valence-corrected chi connectivity index (χ1v) is 11.3. The van der Waals surface area contributed by atoms with Crippen molar-refractivity contribution in [3.63, 3.8) is 0 Å². The molecule has 1 saturated carbocycles. The summed E-state index contributed by atoms with van der Waals surface area (Å²) in [6, 6.07) is 14.1. The molecule has 140 valence electrons. The molecule has 1 N–H and O–H groups in total. The zero-order valence-corrected chi connectivity index (χ0v) is 16.3. The van der Waals surface area contributed by atoms with Gasteiger partial charge in [-0.05, 0) is 41.7 Å². The van der Waals surface area contributed by atoms with Gasteiger partial charge < -0.3 is 4.90 Å². The molecule has 26 heavy (non-hydrogen) atoms. The van der Waals surface area contributed by atoms with Gasteiger partial charge >= 0.3 is 0 Å². The van der Waals surface area contributed by atoms with Gasteiger partial charge in [0.2, 0.25) is 10.0 Å². The van der Waals surface area contributed by atoms with E-state index in [9.17, 15) is 8.42 Å². The number of benzene rings is 2. The summed E-state index contributed by atoms with van der Waals surface area (Å²) in [5.74, 6) is 0.820. The van der Waals surface area contributed by atoms with E-state index in [4.69, 9.17) is 0 Å². The van der Waals surface area contributed by atoms with Crippen molar-refractivity contribution in [2.24, 2.45) is 5.92 Å². The molecule has 0 amide bonds. The predicted molar refractivity (Wildman–Crippen MR) is 105 cm³/mol. The van der Waals surface area contributed by atoms with Gasteiger partial charge in [-0.1, -0.05) is 43.7 Å². The van der Waals surface area contributed by atoms with E-state index in [2.05, 4.69) is 6.92 Å². The number of piperazine rings is 1. The Bertz CT molecular complexity index is 872. The van der Waals surface area contributed by atoms with Crippen LogP contribution in [0.25, 0.3) is 10.8 Å². The lowest BCUT2D eigenvalue weighted by Gasteiger charge is -2.38. The molecule has 2 atom stereocenters. The minimum Gasteiger partial charge on any atom is -0.330 e. The second-order valence-electron chi connectivity index (χ2n) is 8.04. The van der Waals surface area contributed by atoms with E-state index in [1.165, 1.54) is 25.7 Å². The molecule has 0 spiro atoms. The average molecular weight is 374 g/mol. The molecule has 2 aliphatic rings. The summed E-state index contributed by atoms with van der Waals surface area (Å²) < 4.78 is 27.9. The van der Waals surface area contributed by atoms with Crippen molar-refractivity contribution in [2.75, 3.05) is 26.2 Å². The number of nitrogens with zero attached hydrogens (tertiary/aromatic N) is 1. The maximum Gasteiger partial charge on any atom is 0.243 e. The summed E-state index contributed by atoms with van der Waals surface area (Å²) in [6.45, 7) is 5.49. The summed E-state index contributed by atoms with van der Waals surface area (Å²) in [4.78, 5) is 2.03. The highest BCUT2D eigenvalue weighted by Gasteiger charge is 2.35. The fourth-order valence-corrected chi connectivity index (χ4v) is 6.18. The third-order valence-corrected chi connectivity index (χ3v) is 8.13. The zero-order valence-electron chi connectivity index (χ0n) is 15.5. The Labute approximate surface area is 156 Å². The summed E-state index contributed by atoms with van der Waals surface area (Å²) in [7, 11) is -3.40. The smallest absolute Gasteiger partial charge is 0.243 e. The normalized spacial score (nSPS) is 26.2. The number of hydrogen-bond donors (Lipinski definition) is 1. The van der Waals surface area contributed by atoms with Crippen molar-refractivity contribution in [1.29, 1.82) is 0 Å². The monoisotopic (exact) mass is 373 g/mol. The lowest BCUT2D eigenvalue weighted by molar-refractivity contribution is -0.930. The van der Waals surface area contributed by atoms with Crippen LogP contribution in [-0.2, 0) is 10.0 Å². The van der Waals surface area contributed by atoms with Crippen molar-refractivity contribution >= 4 is 20.8 Å². The number of rotatable bonds is 3. The maximum absolute atomic E-state index is 13.1. The molecule has 1 saturated heterocycles. The lowest BCUT2D eigenvalue weighted by Crippen LogP contribution is -3.18. The van der Waals surface area contributed by atoms with E-state index in [1.54, 1.807) is 15.3 Å². The molecule has 5 heteroatoms. The zero-order chi connectivity index (χ0) is 18.1. The minimum atomic E-state index is -3.40. The van der Waals surface area contributed by atoms with Crippen LogP contribution < -0.4 is 4.90 Å². The Morgan fingerprint density at radius 3 is 2.46 bits per heavy atom. The van der Waals surface area contributed by atoms with E-state index >= 15 is 0 Å². The van der Waals surface area contributed by atoms with E-state index in [0.29, 0.717) is 18.0 Å². The Balaban J connectivity index is 1.47. The molecule has 0 bridgehead atoms. The van der Waals surface area contributed by atoms with Crippen LogP contribution in [0.5, 0.6) is 0 Å². The van der Waals surface area contributed by atoms with Crippen LogP contribution in [0.15, 0.2) is 47.4 Å². The number of hydrogen-bond acceptors (Lipinski definition) is 2. The molecular formula is C21H29N2O2S+. The van der Waals surface area contributed by atoms with Gasteiger partial charge in [-0.3, -0.25) is 0 Å². The largest absolute Gasteiger partial charge is 0.330 e. The van der Waals surface area contributed by atoms with Crippen LogP contribution in [0.2, 0.25) is 0 Å². The van der Waals surface area contributed by atoms with Crippen molar-refractivity contribution in [1.82, 2.24) is 4.31 Å². The topological polar surface area (TPSA) is 41.8 Å². The van der Waals surface area contributed by atoms with Gasteiger partial charge in [0, 0.05) is 6.42 Å². The standard InChI is InChI=1S/C21H28N2O2S/c1-17-5-4-8-20(15-17)22-11-13-23(14-12-22)26(24,25)21-10-9-18-6-2-3-7-19(18)16-21/h2-3,6-7,9-10,16-17,20H,4-5,8,11-15H2,1H3/p+1/t17-,20+/m1/s1. The van der Waals surface area contributed by atoms with Gasteiger partial charge in [0.15, 0.2) is 0 Å². The molecule has 4 nitrogen and oxygen atoms in total.